The number of amides is 1. The molecule has 20 heavy (non-hydrogen) atoms. The van der Waals surface area contributed by atoms with Crippen molar-refractivity contribution in [2.75, 3.05) is 18.2 Å². The first-order valence-corrected chi connectivity index (χ1v) is 6.50. The third kappa shape index (κ3) is 3.08. The first kappa shape index (κ1) is 14.3. The van der Waals surface area contributed by atoms with Crippen molar-refractivity contribution in [3.05, 3.63) is 52.3 Å². The molecule has 0 radical (unpaired) electrons. The average Bonchev–Trinajstić information content (AvgIpc) is 2.38. The first-order chi connectivity index (χ1) is 9.51. The Morgan fingerprint density at radius 2 is 2.05 bits per heavy atom. The van der Waals surface area contributed by atoms with E-state index < -0.39 is 5.82 Å². The van der Waals surface area contributed by atoms with Gasteiger partial charge in [-0.05, 0) is 52.3 Å². The number of hydrogen-bond acceptors (Lipinski definition) is 3. The lowest BCUT2D eigenvalue weighted by Crippen LogP contribution is -2.13. The maximum Gasteiger partial charge on any atom is 0.256 e. The molecule has 2 aromatic carbocycles. The van der Waals surface area contributed by atoms with Gasteiger partial charge in [-0.3, -0.25) is 4.79 Å². The van der Waals surface area contributed by atoms with E-state index in [0.29, 0.717) is 27.2 Å². The Hall–Kier alpha value is -2.08. The number of nitrogens with two attached hydrogens (primary N) is 1. The van der Waals surface area contributed by atoms with E-state index in [-0.39, 0.29) is 5.91 Å². The number of methoxy groups -OCH3 is 1. The molecular formula is C14H12BrFN2O2. The van der Waals surface area contributed by atoms with Crippen LogP contribution in [0.15, 0.2) is 40.9 Å². The Morgan fingerprint density at radius 1 is 1.30 bits per heavy atom. The summed E-state index contributed by atoms with van der Waals surface area (Å²) in [4.78, 5) is 12.1. The maximum atomic E-state index is 13.0. The van der Waals surface area contributed by atoms with Crippen LogP contribution >= 0.6 is 15.9 Å². The fourth-order valence-electron chi connectivity index (χ4n) is 1.68. The molecule has 3 N–H and O–H groups in total. The second-order valence-electron chi connectivity index (χ2n) is 4.04. The normalized spacial score (nSPS) is 10.2. The molecule has 0 fully saturated rings. The molecule has 6 heteroatoms. The molecule has 0 aliphatic rings. The van der Waals surface area contributed by atoms with E-state index in [2.05, 4.69) is 21.2 Å². The molecule has 0 atom stereocenters. The summed E-state index contributed by atoms with van der Waals surface area (Å²) in [5, 5.41) is 2.68. The van der Waals surface area contributed by atoms with E-state index in [0.717, 1.165) is 0 Å². The molecule has 4 nitrogen and oxygen atoms in total. The van der Waals surface area contributed by atoms with Crippen LogP contribution in [0, 0.1) is 5.82 Å². The number of benzene rings is 2. The third-order valence-electron chi connectivity index (χ3n) is 2.66. The van der Waals surface area contributed by atoms with Crippen LogP contribution < -0.4 is 15.8 Å². The van der Waals surface area contributed by atoms with Crippen LogP contribution in [-0.2, 0) is 0 Å². The van der Waals surface area contributed by atoms with Crippen LogP contribution in [0.1, 0.15) is 10.4 Å². The van der Waals surface area contributed by atoms with E-state index in [1.807, 2.05) is 0 Å². The Bertz CT molecular complexity index is 662. The number of nitrogens with one attached hydrogen (secondary N) is 1. The van der Waals surface area contributed by atoms with Crippen molar-refractivity contribution in [3.8, 4) is 5.75 Å². The van der Waals surface area contributed by atoms with Gasteiger partial charge in [0.05, 0.1) is 18.4 Å². The molecule has 0 bridgehead atoms. The molecule has 0 heterocycles. The smallest absolute Gasteiger partial charge is 0.256 e. The van der Waals surface area contributed by atoms with Crippen LogP contribution in [0.5, 0.6) is 5.75 Å². The summed E-state index contributed by atoms with van der Waals surface area (Å²) in [6.45, 7) is 0. The third-order valence-corrected chi connectivity index (χ3v) is 3.32. The van der Waals surface area contributed by atoms with E-state index in [4.69, 9.17) is 10.5 Å². The fraction of sp³-hybridized carbons (Fsp3) is 0.0714. The molecule has 104 valence electrons. The van der Waals surface area contributed by atoms with Gasteiger partial charge in [-0.1, -0.05) is 0 Å². The van der Waals surface area contributed by atoms with E-state index in [9.17, 15) is 9.18 Å². The van der Waals surface area contributed by atoms with E-state index >= 15 is 0 Å². The predicted molar refractivity (Wildman–Crippen MR) is 79.5 cm³/mol. The molecule has 0 spiro atoms. The Kier molecular flexibility index (Phi) is 4.24. The average molecular weight is 339 g/mol. The van der Waals surface area contributed by atoms with Crippen molar-refractivity contribution in [3.63, 3.8) is 0 Å². The lowest BCUT2D eigenvalue weighted by molar-refractivity contribution is 0.102. The number of ether oxygens (including phenoxy) is 1. The van der Waals surface area contributed by atoms with Crippen LogP contribution in [0.4, 0.5) is 15.8 Å². The number of halogens is 2. The molecule has 2 rings (SSSR count). The van der Waals surface area contributed by atoms with Gasteiger partial charge in [-0.15, -0.1) is 0 Å². The summed E-state index contributed by atoms with van der Waals surface area (Å²) in [5.41, 5.74) is 7.05. The van der Waals surface area contributed by atoms with Crippen molar-refractivity contribution < 1.29 is 13.9 Å². The van der Waals surface area contributed by atoms with E-state index in [1.54, 1.807) is 18.2 Å². The molecule has 1 amide bonds. The van der Waals surface area contributed by atoms with Crippen molar-refractivity contribution >= 4 is 33.2 Å². The Labute approximate surface area is 123 Å². The quantitative estimate of drug-likeness (QED) is 0.842. The molecule has 0 saturated carbocycles. The highest BCUT2D eigenvalue weighted by molar-refractivity contribution is 9.10. The summed E-state index contributed by atoms with van der Waals surface area (Å²) in [6.07, 6.45) is 0. The van der Waals surface area contributed by atoms with Gasteiger partial charge in [0.25, 0.3) is 5.91 Å². The minimum atomic E-state index is -0.415. The fourth-order valence-corrected chi connectivity index (χ4v) is 2.22. The zero-order valence-corrected chi connectivity index (χ0v) is 12.2. The molecule has 0 aliphatic carbocycles. The molecule has 0 aromatic heterocycles. The van der Waals surface area contributed by atoms with E-state index in [1.165, 1.54) is 25.3 Å². The highest BCUT2D eigenvalue weighted by atomic mass is 79.9. The monoisotopic (exact) mass is 338 g/mol. The largest absolute Gasteiger partial charge is 0.495 e. The van der Waals surface area contributed by atoms with Gasteiger partial charge in [0.1, 0.15) is 11.6 Å². The van der Waals surface area contributed by atoms with Crippen LogP contribution in [0.2, 0.25) is 0 Å². The topological polar surface area (TPSA) is 64.3 Å². The van der Waals surface area contributed by atoms with Crippen molar-refractivity contribution in [2.45, 2.75) is 0 Å². The SMILES string of the molecule is COc1ccc(NC(=O)c2ccc(F)cc2Br)cc1N. The van der Waals surface area contributed by atoms with Gasteiger partial charge in [0.15, 0.2) is 0 Å². The molecule has 0 unspecified atom stereocenters. The molecule has 0 aliphatic heterocycles. The number of nitrogen functional groups attached to an aromatic ring is 1. The summed E-state index contributed by atoms with van der Waals surface area (Å²) >= 11 is 3.15. The second-order valence-corrected chi connectivity index (χ2v) is 4.89. The summed E-state index contributed by atoms with van der Waals surface area (Å²) in [6, 6.07) is 8.78. The number of hydrogen-bond donors (Lipinski definition) is 2. The zero-order valence-electron chi connectivity index (χ0n) is 10.6. The van der Waals surface area contributed by atoms with Gasteiger partial charge >= 0.3 is 0 Å². The highest BCUT2D eigenvalue weighted by Gasteiger charge is 2.11. The van der Waals surface area contributed by atoms with Crippen LogP contribution in [-0.4, -0.2) is 13.0 Å². The minimum absolute atomic E-state index is 0.334. The lowest BCUT2D eigenvalue weighted by atomic mass is 10.2. The second kappa shape index (κ2) is 5.92. The highest BCUT2D eigenvalue weighted by Crippen LogP contribution is 2.25. The Morgan fingerprint density at radius 3 is 2.65 bits per heavy atom. The summed E-state index contributed by atoms with van der Waals surface area (Å²) < 4.78 is 18.4. The number of anilines is 2. The lowest BCUT2D eigenvalue weighted by Gasteiger charge is -2.09. The predicted octanol–water partition coefficient (Wildman–Crippen LogP) is 3.43. The summed E-state index contributed by atoms with van der Waals surface area (Å²) in [5.74, 6) is -0.241. The van der Waals surface area contributed by atoms with Crippen molar-refractivity contribution in [1.29, 1.82) is 0 Å². The van der Waals surface area contributed by atoms with Gasteiger partial charge in [-0.25, -0.2) is 4.39 Å². The standard InChI is InChI=1S/C14H12BrFN2O2/c1-20-13-5-3-9(7-12(13)17)18-14(19)10-4-2-8(16)6-11(10)15/h2-7H,17H2,1H3,(H,18,19). The van der Waals surface area contributed by atoms with Crippen molar-refractivity contribution in [1.82, 2.24) is 0 Å². The summed E-state index contributed by atoms with van der Waals surface area (Å²) in [7, 11) is 1.51. The van der Waals surface area contributed by atoms with Gasteiger partial charge in [-0.2, -0.15) is 0 Å². The van der Waals surface area contributed by atoms with Crippen LogP contribution in [0.25, 0.3) is 0 Å². The van der Waals surface area contributed by atoms with Gasteiger partial charge in [0.2, 0.25) is 0 Å². The Balaban J connectivity index is 2.21. The van der Waals surface area contributed by atoms with Gasteiger partial charge < -0.3 is 15.8 Å². The first-order valence-electron chi connectivity index (χ1n) is 5.71. The zero-order chi connectivity index (χ0) is 14.7. The van der Waals surface area contributed by atoms with Crippen LogP contribution in [0.3, 0.4) is 0 Å². The maximum absolute atomic E-state index is 13.0. The number of carbonyl (C=O) groups excluding carboxylic acids is 1. The minimum Gasteiger partial charge on any atom is -0.495 e. The number of rotatable bonds is 3. The van der Waals surface area contributed by atoms with Gasteiger partial charge in [0, 0.05) is 10.2 Å². The molecule has 0 saturated heterocycles. The number of carbonyl (C=O) groups is 1. The molecule has 2 aromatic rings. The molecular weight excluding hydrogens is 327 g/mol. The van der Waals surface area contributed by atoms with Crippen molar-refractivity contribution in [2.24, 2.45) is 0 Å².